The number of methoxy groups -OCH3 is 1. The Kier molecular flexibility index (Phi) is 8.03. The summed E-state index contributed by atoms with van der Waals surface area (Å²) in [4.78, 5) is 23.5. The van der Waals surface area contributed by atoms with E-state index in [0.29, 0.717) is 38.8 Å². The molecule has 3 rings (SSSR count). The van der Waals surface area contributed by atoms with Gasteiger partial charge in [0.25, 0.3) is 0 Å². The van der Waals surface area contributed by atoms with E-state index in [4.69, 9.17) is 9.84 Å². The van der Waals surface area contributed by atoms with Crippen molar-refractivity contribution in [3.63, 3.8) is 0 Å². The standard InChI is InChI=1S/C24H30N2O5/c1-31-22-5-2-4-19(17-22)16-21(27)12-14-25-13-3-6-23(28)26(25)15-11-18-7-9-20(10-8-18)24(29)30/h2,4-5,7-10,17,21,27H,3,6,11-16H2,1H3,(H,29,30). The number of carboxylic acid groups (broad SMARTS) is 1. The Morgan fingerprint density at radius 2 is 1.90 bits per heavy atom. The molecule has 7 nitrogen and oxygen atoms in total. The molecule has 1 aliphatic rings. The molecule has 0 bridgehead atoms. The van der Waals surface area contributed by atoms with Crippen molar-refractivity contribution in [2.45, 2.75) is 38.2 Å². The quantitative estimate of drug-likeness (QED) is 0.607. The van der Waals surface area contributed by atoms with Gasteiger partial charge >= 0.3 is 5.97 Å². The number of aromatic carboxylic acids is 1. The van der Waals surface area contributed by atoms with Crippen LogP contribution >= 0.6 is 0 Å². The van der Waals surface area contributed by atoms with Crippen molar-refractivity contribution in [1.82, 2.24) is 10.0 Å². The van der Waals surface area contributed by atoms with Gasteiger partial charge in [-0.2, -0.15) is 0 Å². The summed E-state index contributed by atoms with van der Waals surface area (Å²) < 4.78 is 5.24. The topological polar surface area (TPSA) is 90.3 Å². The van der Waals surface area contributed by atoms with Gasteiger partial charge in [-0.3, -0.25) is 9.80 Å². The Bertz CT molecular complexity index is 884. The zero-order chi connectivity index (χ0) is 22.2. The minimum absolute atomic E-state index is 0.0932. The summed E-state index contributed by atoms with van der Waals surface area (Å²) in [7, 11) is 1.62. The van der Waals surface area contributed by atoms with Crippen molar-refractivity contribution < 1.29 is 24.5 Å². The molecule has 1 aliphatic heterocycles. The number of hydrogen-bond acceptors (Lipinski definition) is 5. The van der Waals surface area contributed by atoms with Gasteiger partial charge in [-0.15, -0.1) is 0 Å². The summed E-state index contributed by atoms with van der Waals surface area (Å²) in [5.74, 6) is -0.0824. The molecule has 0 aliphatic carbocycles. The normalized spacial score (nSPS) is 15.7. The predicted molar refractivity (Wildman–Crippen MR) is 117 cm³/mol. The fourth-order valence-electron chi connectivity index (χ4n) is 3.84. The molecular formula is C24H30N2O5. The monoisotopic (exact) mass is 426 g/mol. The Morgan fingerprint density at radius 3 is 2.61 bits per heavy atom. The maximum absolute atomic E-state index is 12.5. The molecule has 2 N–H and O–H groups in total. The maximum Gasteiger partial charge on any atom is 0.335 e. The molecule has 7 heteroatoms. The maximum atomic E-state index is 12.5. The summed E-state index contributed by atoms with van der Waals surface area (Å²) in [5, 5.41) is 23.3. The molecule has 166 valence electrons. The van der Waals surface area contributed by atoms with Crippen LogP contribution in [0.25, 0.3) is 0 Å². The molecule has 0 radical (unpaired) electrons. The smallest absolute Gasteiger partial charge is 0.335 e. The second-order valence-corrected chi connectivity index (χ2v) is 7.82. The molecule has 1 unspecified atom stereocenters. The molecule has 2 aromatic rings. The Hall–Kier alpha value is -2.90. The molecule has 2 aromatic carbocycles. The van der Waals surface area contributed by atoms with Gasteiger partial charge in [0.1, 0.15) is 5.75 Å². The molecule has 0 aromatic heterocycles. The molecule has 1 amide bonds. The number of aliphatic hydroxyl groups is 1. The van der Waals surface area contributed by atoms with E-state index in [2.05, 4.69) is 0 Å². The molecule has 1 heterocycles. The number of carboxylic acids is 1. The summed E-state index contributed by atoms with van der Waals surface area (Å²) in [6, 6.07) is 14.4. The number of benzene rings is 2. The summed E-state index contributed by atoms with van der Waals surface area (Å²) in [6.07, 6.45) is 2.59. The molecule has 31 heavy (non-hydrogen) atoms. The van der Waals surface area contributed by atoms with E-state index in [1.807, 2.05) is 29.3 Å². The number of amides is 1. The van der Waals surface area contributed by atoms with Crippen LogP contribution in [0.15, 0.2) is 48.5 Å². The predicted octanol–water partition coefficient (Wildman–Crippen LogP) is 2.77. The van der Waals surface area contributed by atoms with Crippen LogP contribution in [-0.2, 0) is 17.6 Å². The van der Waals surface area contributed by atoms with Gasteiger partial charge in [0.05, 0.1) is 18.8 Å². The minimum Gasteiger partial charge on any atom is -0.497 e. The van der Waals surface area contributed by atoms with E-state index in [1.165, 1.54) is 0 Å². The summed E-state index contributed by atoms with van der Waals surface area (Å²) >= 11 is 0. The molecule has 0 spiro atoms. The number of nitrogens with zero attached hydrogens (tertiary/aromatic N) is 2. The average Bonchev–Trinajstić information content (AvgIpc) is 2.77. The van der Waals surface area contributed by atoms with Crippen molar-refractivity contribution in [3.05, 3.63) is 65.2 Å². The zero-order valence-electron chi connectivity index (χ0n) is 17.9. The zero-order valence-corrected chi connectivity index (χ0v) is 17.9. The fraction of sp³-hybridized carbons (Fsp3) is 0.417. The second-order valence-electron chi connectivity index (χ2n) is 7.82. The number of hydrazine groups is 1. The molecule has 1 saturated heterocycles. The Labute approximate surface area is 182 Å². The first-order valence-electron chi connectivity index (χ1n) is 10.6. The third kappa shape index (κ3) is 6.54. The minimum atomic E-state index is -0.948. The highest BCUT2D eigenvalue weighted by atomic mass is 16.5. The van der Waals surface area contributed by atoms with E-state index in [1.54, 1.807) is 36.4 Å². The highest BCUT2D eigenvalue weighted by Gasteiger charge is 2.26. The Balaban J connectivity index is 1.53. The van der Waals surface area contributed by atoms with Gasteiger partial charge in [-0.1, -0.05) is 24.3 Å². The van der Waals surface area contributed by atoms with Crippen molar-refractivity contribution in [1.29, 1.82) is 0 Å². The van der Waals surface area contributed by atoms with E-state index < -0.39 is 12.1 Å². The second kappa shape index (κ2) is 10.9. The van der Waals surface area contributed by atoms with Gasteiger partial charge < -0.3 is 14.9 Å². The van der Waals surface area contributed by atoms with Crippen molar-refractivity contribution in [3.8, 4) is 5.75 Å². The lowest BCUT2D eigenvalue weighted by molar-refractivity contribution is -0.156. The van der Waals surface area contributed by atoms with Crippen LogP contribution < -0.4 is 4.74 Å². The number of aliphatic hydroxyl groups excluding tert-OH is 1. The number of rotatable bonds is 10. The first-order valence-corrected chi connectivity index (χ1v) is 10.6. The van der Waals surface area contributed by atoms with E-state index in [0.717, 1.165) is 29.8 Å². The lowest BCUT2D eigenvalue weighted by Crippen LogP contribution is -2.52. The number of carbonyl (C=O) groups excluding carboxylic acids is 1. The lowest BCUT2D eigenvalue weighted by Gasteiger charge is -2.39. The van der Waals surface area contributed by atoms with Gasteiger partial charge in [0, 0.05) is 26.1 Å². The van der Waals surface area contributed by atoms with Crippen LogP contribution in [0.1, 0.15) is 40.7 Å². The third-order valence-corrected chi connectivity index (χ3v) is 5.58. The number of hydrogen-bond donors (Lipinski definition) is 2. The highest BCUT2D eigenvalue weighted by molar-refractivity contribution is 5.87. The fourth-order valence-corrected chi connectivity index (χ4v) is 3.84. The first kappa shape index (κ1) is 22.8. The Morgan fingerprint density at radius 1 is 1.13 bits per heavy atom. The van der Waals surface area contributed by atoms with Crippen LogP contribution in [-0.4, -0.2) is 65.0 Å². The van der Waals surface area contributed by atoms with E-state index >= 15 is 0 Å². The van der Waals surface area contributed by atoms with Gasteiger partial charge in [0.15, 0.2) is 0 Å². The summed E-state index contributed by atoms with van der Waals surface area (Å²) in [5.41, 5.74) is 2.26. The highest BCUT2D eigenvalue weighted by Crippen LogP contribution is 2.18. The van der Waals surface area contributed by atoms with Crippen LogP contribution in [0.4, 0.5) is 0 Å². The van der Waals surface area contributed by atoms with Crippen LogP contribution in [0.3, 0.4) is 0 Å². The number of carbonyl (C=O) groups is 2. The molecule has 1 atom stereocenters. The van der Waals surface area contributed by atoms with Crippen LogP contribution in [0.2, 0.25) is 0 Å². The first-order chi connectivity index (χ1) is 15.0. The number of ether oxygens (including phenoxy) is 1. The van der Waals surface area contributed by atoms with Crippen molar-refractivity contribution in [2.24, 2.45) is 0 Å². The van der Waals surface area contributed by atoms with Gasteiger partial charge in [-0.25, -0.2) is 9.80 Å². The largest absolute Gasteiger partial charge is 0.497 e. The van der Waals surface area contributed by atoms with Crippen molar-refractivity contribution in [2.75, 3.05) is 26.7 Å². The molecule has 0 saturated carbocycles. The van der Waals surface area contributed by atoms with Gasteiger partial charge in [-0.05, 0) is 61.1 Å². The van der Waals surface area contributed by atoms with Gasteiger partial charge in [0.2, 0.25) is 5.91 Å². The SMILES string of the molecule is COc1cccc(CC(O)CCN2CCCC(=O)N2CCc2ccc(C(=O)O)cc2)c1. The average molecular weight is 427 g/mol. The van der Waals surface area contributed by atoms with E-state index in [-0.39, 0.29) is 11.5 Å². The third-order valence-electron chi connectivity index (χ3n) is 5.58. The van der Waals surface area contributed by atoms with E-state index in [9.17, 15) is 14.7 Å². The summed E-state index contributed by atoms with van der Waals surface area (Å²) in [6.45, 7) is 1.93. The van der Waals surface area contributed by atoms with Crippen LogP contribution in [0.5, 0.6) is 5.75 Å². The molecular weight excluding hydrogens is 396 g/mol. The molecule has 1 fully saturated rings. The van der Waals surface area contributed by atoms with Crippen LogP contribution in [0, 0.1) is 0 Å². The lowest BCUT2D eigenvalue weighted by atomic mass is 10.0. The van der Waals surface area contributed by atoms with Crippen molar-refractivity contribution >= 4 is 11.9 Å².